The van der Waals surface area contributed by atoms with Gasteiger partial charge < -0.3 is 5.32 Å². The van der Waals surface area contributed by atoms with E-state index in [-0.39, 0.29) is 11.5 Å². The van der Waals surface area contributed by atoms with Gasteiger partial charge in [0.15, 0.2) is 0 Å². The number of carbonyl (C=O) groups excluding carboxylic acids is 1. The van der Waals surface area contributed by atoms with Crippen molar-refractivity contribution in [3.8, 4) is 0 Å². The van der Waals surface area contributed by atoms with Crippen LogP contribution in [0.5, 0.6) is 0 Å². The molecule has 0 radical (unpaired) electrons. The number of halogens is 3. The Morgan fingerprint density at radius 2 is 1.87 bits per heavy atom. The average molecular weight is 446 g/mol. The third kappa shape index (κ3) is 3.78. The predicted molar refractivity (Wildman–Crippen MR) is 113 cm³/mol. The lowest BCUT2D eigenvalue weighted by Gasteiger charge is -2.14. The fourth-order valence-electron chi connectivity index (χ4n) is 3.53. The van der Waals surface area contributed by atoms with Crippen molar-refractivity contribution in [3.05, 3.63) is 63.3 Å². The second-order valence-electron chi connectivity index (χ2n) is 7.18. The lowest BCUT2D eigenvalue weighted by Crippen LogP contribution is -2.30. The molecule has 3 heterocycles. The number of anilines is 1. The highest BCUT2D eigenvalue weighted by atomic mass is 32.1. The van der Waals surface area contributed by atoms with Crippen LogP contribution in [-0.2, 0) is 17.5 Å². The molecule has 0 spiro atoms. The molecule has 1 N–H and O–H groups in total. The summed E-state index contributed by atoms with van der Waals surface area (Å²) in [5, 5.41) is 3.05. The van der Waals surface area contributed by atoms with Crippen molar-refractivity contribution >= 4 is 43.4 Å². The van der Waals surface area contributed by atoms with Crippen molar-refractivity contribution in [3.63, 3.8) is 0 Å². The number of pyridine rings is 1. The minimum absolute atomic E-state index is 0.288. The average Bonchev–Trinajstić information content (AvgIpc) is 3.03. The van der Waals surface area contributed by atoms with Gasteiger partial charge in [-0.2, -0.15) is 13.2 Å². The normalized spacial score (nSPS) is 11.9. The number of amides is 1. The number of benzene rings is 1. The van der Waals surface area contributed by atoms with Gasteiger partial charge in [0.1, 0.15) is 21.9 Å². The standard InChI is InChI=1S/C21H17F3N4O2S/c1-10-8-11(2)25-19-16(10)17-18(31-19)20(30)28(12(3)26-17)9-15(29)27-14-7-5-4-6-13(14)21(22,23)24/h4-8H,9H2,1-3H3,(H,27,29). The first-order valence-electron chi connectivity index (χ1n) is 9.30. The molecule has 1 aromatic carbocycles. The number of carbonyl (C=O) groups is 1. The molecule has 3 aromatic heterocycles. The molecule has 10 heteroatoms. The van der Waals surface area contributed by atoms with E-state index in [1.165, 1.54) is 29.5 Å². The third-order valence-electron chi connectivity index (χ3n) is 4.87. The minimum atomic E-state index is -4.61. The molecule has 0 saturated heterocycles. The predicted octanol–water partition coefficient (Wildman–Crippen LogP) is 4.59. The number of alkyl halides is 3. The molecule has 0 fully saturated rings. The largest absolute Gasteiger partial charge is 0.418 e. The van der Waals surface area contributed by atoms with Crippen LogP contribution in [0.3, 0.4) is 0 Å². The Morgan fingerprint density at radius 1 is 1.16 bits per heavy atom. The summed E-state index contributed by atoms with van der Waals surface area (Å²) < 4.78 is 41.0. The van der Waals surface area contributed by atoms with Crippen LogP contribution < -0.4 is 10.9 Å². The second kappa shape index (κ2) is 7.45. The Hall–Kier alpha value is -3.27. The molecule has 160 valence electrons. The fraction of sp³-hybridized carbons (Fsp3) is 0.238. The summed E-state index contributed by atoms with van der Waals surface area (Å²) in [6.45, 7) is 4.89. The summed E-state index contributed by atoms with van der Waals surface area (Å²) in [5.74, 6) is -0.467. The number of para-hydroxylation sites is 1. The maximum Gasteiger partial charge on any atom is 0.418 e. The maximum atomic E-state index is 13.2. The summed E-state index contributed by atoms with van der Waals surface area (Å²) in [6.07, 6.45) is -4.61. The number of nitrogens with one attached hydrogen (secondary N) is 1. The molecule has 6 nitrogen and oxygen atoms in total. The van der Waals surface area contributed by atoms with E-state index in [2.05, 4.69) is 15.3 Å². The van der Waals surface area contributed by atoms with Gasteiger partial charge in [-0.3, -0.25) is 14.2 Å². The molecule has 0 aliphatic carbocycles. The summed E-state index contributed by atoms with van der Waals surface area (Å²) in [6, 6.07) is 6.59. The molecule has 0 aliphatic rings. The SMILES string of the molecule is Cc1cc(C)c2c(n1)sc1c(=O)n(CC(=O)Nc3ccccc3C(F)(F)F)c(C)nc12. The van der Waals surface area contributed by atoms with E-state index in [1.807, 2.05) is 19.9 Å². The Kier molecular flexibility index (Phi) is 5.04. The van der Waals surface area contributed by atoms with Crippen molar-refractivity contribution < 1.29 is 18.0 Å². The Morgan fingerprint density at radius 3 is 2.58 bits per heavy atom. The van der Waals surface area contributed by atoms with Gasteiger partial charge in [0.25, 0.3) is 5.56 Å². The summed E-state index contributed by atoms with van der Waals surface area (Å²) >= 11 is 1.19. The highest BCUT2D eigenvalue weighted by molar-refractivity contribution is 7.25. The zero-order valence-corrected chi connectivity index (χ0v) is 17.6. The third-order valence-corrected chi connectivity index (χ3v) is 5.93. The smallest absolute Gasteiger partial charge is 0.324 e. The number of fused-ring (bicyclic) bond motifs is 3. The summed E-state index contributed by atoms with van der Waals surface area (Å²) in [5.41, 5.74) is 0.531. The van der Waals surface area contributed by atoms with Crippen LogP contribution in [0.4, 0.5) is 18.9 Å². The van der Waals surface area contributed by atoms with Crippen molar-refractivity contribution in [2.75, 3.05) is 5.32 Å². The van der Waals surface area contributed by atoms with Crippen molar-refractivity contribution in [2.45, 2.75) is 33.5 Å². The topological polar surface area (TPSA) is 76.9 Å². The Balaban J connectivity index is 1.73. The first kappa shape index (κ1) is 21.0. The molecule has 0 atom stereocenters. The van der Waals surface area contributed by atoms with Crippen LogP contribution in [0, 0.1) is 20.8 Å². The molecule has 31 heavy (non-hydrogen) atoms. The van der Waals surface area contributed by atoms with E-state index in [9.17, 15) is 22.8 Å². The van der Waals surface area contributed by atoms with Gasteiger partial charge >= 0.3 is 6.18 Å². The highest BCUT2D eigenvalue weighted by Gasteiger charge is 2.33. The van der Waals surface area contributed by atoms with E-state index < -0.39 is 29.8 Å². The number of rotatable bonds is 3. The van der Waals surface area contributed by atoms with Gasteiger partial charge in [0.2, 0.25) is 5.91 Å². The molecule has 0 bridgehead atoms. The lowest BCUT2D eigenvalue weighted by molar-refractivity contribution is -0.137. The van der Waals surface area contributed by atoms with Crippen molar-refractivity contribution in [1.82, 2.24) is 14.5 Å². The van der Waals surface area contributed by atoms with Gasteiger partial charge in [-0.05, 0) is 44.5 Å². The Bertz CT molecular complexity index is 1410. The van der Waals surface area contributed by atoms with Gasteiger partial charge in [-0.15, -0.1) is 11.3 Å². The van der Waals surface area contributed by atoms with Gasteiger partial charge in [0, 0.05) is 11.1 Å². The number of hydrogen-bond acceptors (Lipinski definition) is 5. The quantitative estimate of drug-likeness (QED) is 0.500. The molecule has 1 amide bonds. The molecule has 0 aliphatic heterocycles. The monoisotopic (exact) mass is 446 g/mol. The number of nitrogens with zero attached hydrogens (tertiary/aromatic N) is 3. The molecule has 4 aromatic rings. The Labute approximate surface area is 178 Å². The maximum absolute atomic E-state index is 13.2. The van der Waals surface area contributed by atoms with Gasteiger partial charge in [-0.25, -0.2) is 9.97 Å². The van der Waals surface area contributed by atoms with Crippen LogP contribution >= 0.6 is 11.3 Å². The second-order valence-corrected chi connectivity index (χ2v) is 8.18. The fourth-order valence-corrected chi connectivity index (χ4v) is 4.71. The van der Waals surface area contributed by atoms with Crippen LogP contribution in [0.1, 0.15) is 22.6 Å². The number of aryl methyl sites for hydroxylation is 3. The van der Waals surface area contributed by atoms with Crippen molar-refractivity contribution in [2.24, 2.45) is 0 Å². The van der Waals surface area contributed by atoms with Crippen LogP contribution in [-0.4, -0.2) is 20.4 Å². The lowest BCUT2D eigenvalue weighted by atomic mass is 10.1. The van der Waals surface area contributed by atoms with E-state index in [4.69, 9.17) is 0 Å². The van der Waals surface area contributed by atoms with E-state index >= 15 is 0 Å². The molecule has 0 saturated carbocycles. The van der Waals surface area contributed by atoms with Crippen LogP contribution in [0.15, 0.2) is 35.1 Å². The first-order chi connectivity index (χ1) is 14.6. The van der Waals surface area contributed by atoms with Gasteiger partial charge in [0.05, 0.1) is 16.8 Å². The molecule has 4 rings (SSSR count). The summed E-state index contributed by atoms with van der Waals surface area (Å²) in [7, 11) is 0. The minimum Gasteiger partial charge on any atom is -0.324 e. The molecular formula is C21H17F3N4O2S. The van der Waals surface area contributed by atoms with Crippen LogP contribution in [0.2, 0.25) is 0 Å². The summed E-state index contributed by atoms with van der Waals surface area (Å²) in [4.78, 5) is 35.2. The van der Waals surface area contributed by atoms with Gasteiger partial charge in [-0.1, -0.05) is 12.1 Å². The van der Waals surface area contributed by atoms with E-state index in [0.29, 0.717) is 15.0 Å². The zero-order chi connectivity index (χ0) is 22.5. The van der Waals surface area contributed by atoms with Crippen molar-refractivity contribution in [1.29, 1.82) is 0 Å². The van der Waals surface area contributed by atoms with E-state index in [0.717, 1.165) is 27.3 Å². The first-order valence-corrected chi connectivity index (χ1v) is 10.1. The van der Waals surface area contributed by atoms with E-state index in [1.54, 1.807) is 6.92 Å². The molecular weight excluding hydrogens is 429 g/mol. The number of hydrogen-bond donors (Lipinski definition) is 1. The zero-order valence-electron chi connectivity index (χ0n) is 16.8. The van der Waals surface area contributed by atoms with Crippen LogP contribution in [0.25, 0.3) is 20.4 Å². The number of thiophene rings is 1. The molecule has 0 unspecified atom stereocenters. The highest BCUT2D eigenvalue weighted by Crippen LogP contribution is 2.35. The number of aromatic nitrogens is 3.